The van der Waals surface area contributed by atoms with Crippen molar-refractivity contribution in [3.05, 3.63) is 34.4 Å². The highest BCUT2D eigenvalue weighted by molar-refractivity contribution is 5.83. The van der Waals surface area contributed by atoms with Crippen LogP contribution in [0, 0.1) is 20.8 Å². The Bertz CT molecular complexity index is 371. The number of rotatable bonds is 4. The highest BCUT2D eigenvalue weighted by atomic mass is 16.1. The second kappa shape index (κ2) is 5.26. The molecule has 1 aromatic carbocycles. The van der Waals surface area contributed by atoms with Gasteiger partial charge >= 0.3 is 0 Å². The Morgan fingerprint density at radius 2 is 1.62 bits per heavy atom. The van der Waals surface area contributed by atoms with Gasteiger partial charge in [-0.3, -0.25) is 4.79 Å². The Morgan fingerprint density at radius 1 is 1.12 bits per heavy atom. The van der Waals surface area contributed by atoms with Gasteiger partial charge in [-0.1, -0.05) is 17.7 Å². The smallest absolute Gasteiger partial charge is 0.151 e. The summed E-state index contributed by atoms with van der Waals surface area (Å²) in [6.07, 6.45) is 0.552. The van der Waals surface area contributed by atoms with Crippen molar-refractivity contribution in [2.45, 2.75) is 27.2 Å². The Morgan fingerprint density at radius 3 is 2.06 bits per heavy atom. The van der Waals surface area contributed by atoms with E-state index in [1.807, 2.05) is 19.0 Å². The van der Waals surface area contributed by atoms with Gasteiger partial charge in [0.1, 0.15) is 0 Å². The number of hydrogen-bond donors (Lipinski definition) is 0. The quantitative estimate of drug-likeness (QED) is 0.774. The van der Waals surface area contributed by atoms with Crippen LogP contribution in [0.1, 0.15) is 22.3 Å². The van der Waals surface area contributed by atoms with E-state index in [2.05, 4.69) is 32.9 Å². The molecular weight excluding hydrogens is 198 g/mol. The van der Waals surface area contributed by atoms with E-state index in [0.717, 1.165) is 0 Å². The Kier molecular flexibility index (Phi) is 4.25. The number of carbonyl (C=O) groups is 1. The largest absolute Gasteiger partial charge is 0.302 e. The molecule has 16 heavy (non-hydrogen) atoms. The summed E-state index contributed by atoms with van der Waals surface area (Å²) in [4.78, 5) is 13.7. The number of aryl methyl sites for hydroxylation is 3. The Labute approximate surface area is 98.3 Å². The lowest BCUT2D eigenvalue weighted by Gasteiger charge is -2.12. The van der Waals surface area contributed by atoms with Crippen LogP contribution < -0.4 is 0 Å². The summed E-state index contributed by atoms with van der Waals surface area (Å²) >= 11 is 0. The fourth-order valence-electron chi connectivity index (χ4n) is 2.09. The molecule has 0 saturated carbocycles. The van der Waals surface area contributed by atoms with Crippen molar-refractivity contribution < 1.29 is 4.79 Å². The highest BCUT2D eigenvalue weighted by Gasteiger charge is 2.09. The second-order valence-electron chi connectivity index (χ2n) is 4.83. The average Bonchev–Trinajstić information content (AvgIpc) is 2.09. The lowest BCUT2D eigenvalue weighted by molar-refractivity contribution is -0.119. The summed E-state index contributed by atoms with van der Waals surface area (Å²) in [5.41, 5.74) is 4.91. The monoisotopic (exact) mass is 219 g/mol. The van der Waals surface area contributed by atoms with E-state index in [1.165, 1.54) is 22.3 Å². The third-order valence-corrected chi connectivity index (χ3v) is 2.71. The van der Waals surface area contributed by atoms with E-state index in [-0.39, 0.29) is 5.78 Å². The van der Waals surface area contributed by atoms with Gasteiger partial charge in [0.2, 0.25) is 0 Å². The summed E-state index contributed by atoms with van der Waals surface area (Å²) in [6, 6.07) is 4.29. The molecular formula is C14H21NO. The predicted molar refractivity (Wildman–Crippen MR) is 67.9 cm³/mol. The van der Waals surface area contributed by atoms with E-state index in [0.29, 0.717) is 13.0 Å². The first-order valence-corrected chi connectivity index (χ1v) is 5.63. The minimum atomic E-state index is 0.278. The van der Waals surface area contributed by atoms with Crippen LogP contribution >= 0.6 is 0 Å². The standard InChI is InChI=1S/C14H21NO/c1-10-6-11(2)14(12(3)7-10)8-13(16)9-15(4)5/h6-7H,8-9H2,1-5H3. The molecule has 0 spiro atoms. The minimum absolute atomic E-state index is 0.278. The van der Waals surface area contributed by atoms with Gasteiger partial charge in [-0.15, -0.1) is 0 Å². The topological polar surface area (TPSA) is 20.3 Å². The van der Waals surface area contributed by atoms with Crippen LogP contribution in [0.4, 0.5) is 0 Å². The lowest BCUT2D eigenvalue weighted by atomic mass is 9.96. The zero-order valence-corrected chi connectivity index (χ0v) is 10.9. The van der Waals surface area contributed by atoms with Crippen molar-refractivity contribution in [2.24, 2.45) is 0 Å². The molecule has 2 heteroatoms. The maximum absolute atomic E-state index is 11.8. The van der Waals surface area contributed by atoms with Crippen molar-refractivity contribution in [1.82, 2.24) is 4.90 Å². The van der Waals surface area contributed by atoms with Crippen molar-refractivity contribution >= 4 is 5.78 Å². The van der Waals surface area contributed by atoms with Crippen LogP contribution in [-0.4, -0.2) is 31.3 Å². The van der Waals surface area contributed by atoms with Gasteiger partial charge in [-0.05, 0) is 51.6 Å². The summed E-state index contributed by atoms with van der Waals surface area (Å²) in [5, 5.41) is 0. The second-order valence-corrected chi connectivity index (χ2v) is 4.83. The fraction of sp³-hybridized carbons (Fsp3) is 0.500. The van der Waals surface area contributed by atoms with Crippen molar-refractivity contribution in [3.8, 4) is 0 Å². The zero-order chi connectivity index (χ0) is 12.3. The van der Waals surface area contributed by atoms with Crippen LogP contribution in [0.25, 0.3) is 0 Å². The number of nitrogens with zero attached hydrogens (tertiary/aromatic N) is 1. The van der Waals surface area contributed by atoms with Gasteiger partial charge in [-0.25, -0.2) is 0 Å². The van der Waals surface area contributed by atoms with Gasteiger partial charge in [-0.2, -0.15) is 0 Å². The average molecular weight is 219 g/mol. The molecule has 88 valence electrons. The lowest BCUT2D eigenvalue weighted by Crippen LogP contribution is -2.23. The Hall–Kier alpha value is -1.15. The number of ketones is 1. The van der Waals surface area contributed by atoms with E-state index >= 15 is 0 Å². The zero-order valence-electron chi connectivity index (χ0n) is 10.9. The molecule has 2 nitrogen and oxygen atoms in total. The first-order valence-electron chi connectivity index (χ1n) is 5.63. The normalized spacial score (nSPS) is 10.9. The van der Waals surface area contributed by atoms with E-state index in [1.54, 1.807) is 0 Å². The number of hydrogen-bond acceptors (Lipinski definition) is 2. The molecule has 0 saturated heterocycles. The summed E-state index contributed by atoms with van der Waals surface area (Å²) in [7, 11) is 3.85. The van der Waals surface area contributed by atoms with Crippen LogP contribution in [0.5, 0.6) is 0 Å². The molecule has 0 aliphatic rings. The molecule has 0 atom stereocenters. The van der Waals surface area contributed by atoms with Gasteiger partial charge in [0.15, 0.2) is 5.78 Å². The van der Waals surface area contributed by atoms with Crippen molar-refractivity contribution in [1.29, 1.82) is 0 Å². The van der Waals surface area contributed by atoms with Crippen LogP contribution in [0.3, 0.4) is 0 Å². The molecule has 0 bridgehead atoms. The first kappa shape index (κ1) is 12.9. The van der Waals surface area contributed by atoms with Gasteiger partial charge in [0.05, 0.1) is 6.54 Å². The molecule has 0 unspecified atom stereocenters. The molecule has 0 aliphatic carbocycles. The summed E-state index contributed by atoms with van der Waals surface area (Å²) < 4.78 is 0. The van der Waals surface area contributed by atoms with Gasteiger partial charge in [0, 0.05) is 6.42 Å². The maximum Gasteiger partial charge on any atom is 0.151 e. The summed E-state index contributed by atoms with van der Waals surface area (Å²) in [6.45, 7) is 6.77. The van der Waals surface area contributed by atoms with E-state index < -0.39 is 0 Å². The summed E-state index contributed by atoms with van der Waals surface area (Å²) in [5.74, 6) is 0.278. The number of Topliss-reactive ketones (excluding diaryl/α,β-unsaturated/α-hetero) is 1. The number of benzene rings is 1. The van der Waals surface area contributed by atoms with Crippen molar-refractivity contribution in [3.63, 3.8) is 0 Å². The van der Waals surface area contributed by atoms with E-state index in [9.17, 15) is 4.79 Å². The van der Waals surface area contributed by atoms with Crippen LogP contribution in [0.2, 0.25) is 0 Å². The third-order valence-electron chi connectivity index (χ3n) is 2.71. The highest BCUT2D eigenvalue weighted by Crippen LogP contribution is 2.17. The van der Waals surface area contributed by atoms with Gasteiger partial charge in [0.25, 0.3) is 0 Å². The SMILES string of the molecule is Cc1cc(C)c(CC(=O)CN(C)C)c(C)c1. The van der Waals surface area contributed by atoms with Gasteiger partial charge < -0.3 is 4.90 Å². The molecule has 0 heterocycles. The van der Waals surface area contributed by atoms with Crippen LogP contribution in [0.15, 0.2) is 12.1 Å². The van der Waals surface area contributed by atoms with Crippen molar-refractivity contribution in [2.75, 3.05) is 20.6 Å². The molecule has 0 radical (unpaired) electrons. The number of likely N-dealkylation sites (N-methyl/N-ethyl adjacent to an activating group) is 1. The Balaban J connectivity index is 2.85. The fourth-order valence-corrected chi connectivity index (χ4v) is 2.09. The molecule has 0 amide bonds. The number of carbonyl (C=O) groups excluding carboxylic acids is 1. The predicted octanol–water partition coefficient (Wildman–Crippen LogP) is 2.29. The minimum Gasteiger partial charge on any atom is -0.302 e. The first-order chi connectivity index (χ1) is 7.40. The molecule has 0 aliphatic heterocycles. The van der Waals surface area contributed by atoms with E-state index in [4.69, 9.17) is 0 Å². The molecule has 0 fully saturated rings. The third kappa shape index (κ3) is 3.46. The maximum atomic E-state index is 11.8. The molecule has 0 aromatic heterocycles. The molecule has 1 rings (SSSR count). The molecule has 0 N–H and O–H groups in total. The van der Waals surface area contributed by atoms with Crippen LogP contribution in [-0.2, 0) is 11.2 Å². The molecule has 1 aromatic rings.